The standard InChI is InChI=1S/C10H20O2S/c1-9-3-5-10(6-4-9)7-8-13(2,11)12/h9-10H,3-8H2,1-2H3. The van der Waals surface area contributed by atoms with E-state index in [1.807, 2.05) is 0 Å². The maximum atomic E-state index is 10.9. The average Bonchev–Trinajstić information content (AvgIpc) is 2.02. The molecular formula is C10H20O2S. The molecule has 0 saturated heterocycles. The Balaban J connectivity index is 2.24. The van der Waals surface area contributed by atoms with Crippen LogP contribution in [0.4, 0.5) is 0 Å². The largest absolute Gasteiger partial charge is 0.229 e. The fourth-order valence-corrected chi connectivity index (χ4v) is 2.76. The summed E-state index contributed by atoms with van der Waals surface area (Å²) in [5.41, 5.74) is 0. The molecule has 1 saturated carbocycles. The minimum atomic E-state index is -2.74. The van der Waals surface area contributed by atoms with Crippen molar-refractivity contribution in [2.75, 3.05) is 12.0 Å². The van der Waals surface area contributed by atoms with Gasteiger partial charge in [0.25, 0.3) is 0 Å². The zero-order valence-corrected chi connectivity index (χ0v) is 9.44. The molecule has 2 nitrogen and oxygen atoms in total. The summed E-state index contributed by atoms with van der Waals surface area (Å²) in [6.07, 6.45) is 7.25. The third kappa shape index (κ3) is 4.65. The Morgan fingerprint density at radius 1 is 1.15 bits per heavy atom. The van der Waals surface area contributed by atoms with Crippen molar-refractivity contribution in [2.45, 2.75) is 39.0 Å². The van der Waals surface area contributed by atoms with Crippen molar-refractivity contribution in [1.29, 1.82) is 0 Å². The van der Waals surface area contributed by atoms with Gasteiger partial charge in [-0.3, -0.25) is 0 Å². The predicted octanol–water partition coefficient (Wildman–Crippen LogP) is 2.25. The Hall–Kier alpha value is -0.0500. The second-order valence-corrected chi connectivity index (χ2v) is 6.80. The predicted molar refractivity (Wildman–Crippen MR) is 55.4 cm³/mol. The topological polar surface area (TPSA) is 34.1 Å². The molecule has 78 valence electrons. The number of hydrogen-bond acceptors (Lipinski definition) is 2. The van der Waals surface area contributed by atoms with Crippen LogP contribution in [0.3, 0.4) is 0 Å². The first-order chi connectivity index (χ1) is 5.97. The van der Waals surface area contributed by atoms with Crippen LogP contribution < -0.4 is 0 Å². The minimum Gasteiger partial charge on any atom is -0.229 e. The lowest BCUT2D eigenvalue weighted by molar-refractivity contribution is 0.285. The van der Waals surface area contributed by atoms with E-state index in [2.05, 4.69) is 6.92 Å². The third-order valence-corrected chi connectivity index (χ3v) is 4.01. The quantitative estimate of drug-likeness (QED) is 0.706. The second-order valence-electron chi connectivity index (χ2n) is 4.54. The SMILES string of the molecule is CC1CCC(CCS(C)(=O)=O)CC1. The van der Waals surface area contributed by atoms with Crippen LogP contribution >= 0.6 is 0 Å². The molecule has 1 aliphatic rings. The van der Waals surface area contributed by atoms with E-state index in [-0.39, 0.29) is 0 Å². The molecule has 0 amide bonds. The fraction of sp³-hybridized carbons (Fsp3) is 1.00. The average molecular weight is 204 g/mol. The smallest absolute Gasteiger partial charge is 0.147 e. The van der Waals surface area contributed by atoms with E-state index >= 15 is 0 Å². The number of hydrogen-bond donors (Lipinski definition) is 0. The lowest BCUT2D eigenvalue weighted by Crippen LogP contribution is -2.15. The summed E-state index contributed by atoms with van der Waals surface area (Å²) in [6.45, 7) is 2.28. The van der Waals surface area contributed by atoms with Gasteiger partial charge in [0, 0.05) is 6.26 Å². The molecule has 1 aliphatic carbocycles. The second kappa shape index (κ2) is 4.45. The van der Waals surface area contributed by atoms with Crippen LogP contribution in [0.5, 0.6) is 0 Å². The molecule has 1 fully saturated rings. The van der Waals surface area contributed by atoms with Gasteiger partial charge in [-0.05, 0) is 18.3 Å². The van der Waals surface area contributed by atoms with E-state index in [4.69, 9.17) is 0 Å². The van der Waals surface area contributed by atoms with Gasteiger partial charge in [-0.15, -0.1) is 0 Å². The summed E-state index contributed by atoms with van der Waals surface area (Å²) >= 11 is 0. The monoisotopic (exact) mass is 204 g/mol. The van der Waals surface area contributed by atoms with Crippen LogP contribution in [0, 0.1) is 11.8 Å². The van der Waals surface area contributed by atoms with Crippen LogP contribution in [0.1, 0.15) is 39.0 Å². The van der Waals surface area contributed by atoms with Crippen LogP contribution in [-0.4, -0.2) is 20.4 Å². The van der Waals surface area contributed by atoms with E-state index in [1.165, 1.54) is 31.9 Å². The van der Waals surface area contributed by atoms with Gasteiger partial charge in [0.15, 0.2) is 0 Å². The first kappa shape index (κ1) is 11.0. The van der Waals surface area contributed by atoms with Gasteiger partial charge in [0.05, 0.1) is 5.75 Å². The molecule has 0 unspecified atom stereocenters. The van der Waals surface area contributed by atoms with Gasteiger partial charge in [-0.25, -0.2) is 8.42 Å². The zero-order valence-electron chi connectivity index (χ0n) is 8.62. The summed E-state index contributed by atoms with van der Waals surface area (Å²) in [4.78, 5) is 0. The van der Waals surface area contributed by atoms with Crippen molar-refractivity contribution >= 4 is 9.84 Å². The summed E-state index contributed by atoms with van der Waals surface area (Å²) in [5, 5.41) is 0. The molecule has 0 atom stereocenters. The highest BCUT2D eigenvalue weighted by Gasteiger charge is 2.19. The van der Waals surface area contributed by atoms with Crippen molar-refractivity contribution < 1.29 is 8.42 Å². The molecule has 13 heavy (non-hydrogen) atoms. The summed E-state index contributed by atoms with van der Waals surface area (Å²) < 4.78 is 21.9. The van der Waals surface area contributed by atoms with E-state index in [1.54, 1.807) is 0 Å². The molecule has 0 N–H and O–H groups in total. The lowest BCUT2D eigenvalue weighted by Gasteiger charge is -2.25. The summed E-state index contributed by atoms with van der Waals surface area (Å²) in [5.74, 6) is 1.91. The molecule has 0 bridgehead atoms. The Labute approximate surface area is 81.6 Å². The zero-order chi connectivity index (χ0) is 9.90. The number of sulfone groups is 1. The molecule has 1 rings (SSSR count). The van der Waals surface area contributed by atoms with Gasteiger partial charge in [-0.2, -0.15) is 0 Å². The van der Waals surface area contributed by atoms with Crippen molar-refractivity contribution in [3.05, 3.63) is 0 Å². The van der Waals surface area contributed by atoms with E-state index < -0.39 is 9.84 Å². The van der Waals surface area contributed by atoms with Crippen molar-refractivity contribution in [3.63, 3.8) is 0 Å². The summed E-state index contributed by atoms with van der Waals surface area (Å²) in [6, 6.07) is 0. The van der Waals surface area contributed by atoms with Gasteiger partial charge >= 0.3 is 0 Å². The van der Waals surface area contributed by atoms with Gasteiger partial charge < -0.3 is 0 Å². The molecule has 0 aromatic carbocycles. The van der Waals surface area contributed by atoms with Crippen molar-refractivity contribution in [1.82, 2.24) is 0 Å². The highest BCUT2D eigenvalue weighted by molar-refractivity contribution is 7.90. The Morgan fingerprint density at radius 2 is 1.69 bits per heavy atom. The van der Waals surface area contributed by atoms with Crippen LogP contribution in [0.25, 0.3) is 0 Å². The first-order valence-electron chi connectivity index (χ1n) is 5.15. The highest BCUT2D eigenvalue weighted by atomic mass is 32.2. The van der Waals surface area contributed by atoms with Crippen LogP contribution in [0.15, 0.2) is 0 Å². The van der Waals surface area contributed by atoms with E-state index in [0.29, 0.717) is 11.7 Å². The Bertz CT molecular complexity index is 236. The van der Waals surface area contributed by atoms with Crippen molar-refractivity contribution in [3.8, 4) is 0 Å². The third-order valence-electron chi connectivity index (χ3n) is 3.03. The van der Waals surface area contributed by atoms with Crippen molar-refractivity contribution in [2.24, 2.45) is 11.8 Å². The highest BCUT2D eigenvalue weighted by Crippen LogP contribution is 2.30. The molecule has 0 spiro atoms. The molecule has 0 heterocycles. The minimum absolute atomic E-state index is 0.381. The number of rotatable bonds is 3. The molecule has 0 radical (unpaired) electrons. The molecular weight excluding hydrogens is 184 g/mol. The Kier molecular flexibility index (Phi) is 3.77. The normalized spacial score (nSPS) is 30.3. The molecule has 0 aliphatic heterocycles. The maximum absolute atomic E-state index is 10.9. The fourth-order valence-electron chi connectivity index (χ4n) is 2.00. The van der Waals surface area contributed by atoms with Gasteiger partial charge in [0.1, 0.15) is 9.84 Å². The maximum Gasteiger partial charge on any atom is 0.147 e. The van der Waals surface area contributed by atoms with Crippen LogP contribution in [0.2, 0.25) is 0 Å². The molecule has 3 heteroatoms. The first-order valence-corrected chi connectivity index (χ1v) is 7.21. The van der Waals surface area contributed by atoms with Gasteiger partial charge in [-0.1, -0.05) is 32.6 Å². The Morgan fingerprint density at radius 3 is 2.15 bits per heavy atom. The van der Waals surface area contributed by atoms with E-state index in [0.717, 1.165) is 12.3 Å². The van der Waals surface area contributed by atoms with Gasteiger partial charge in [0.2, 0.25) is 0 Å². The van der Waals surface area contributed by atoms with E-state index in [9.17, 15) is 8.42 Å². The lowest BCUT2D eigenvalue weighted by atomic mass is 9.82. The molecule has 0 aromatic heterocycles. The molecule has 0 aromatic rings. The summed E-state index contributed by atoms with van der Waals surface area (Å²) in [7, 11) is -2.74. The van der Waals surface area contributed by atoms with Crippen LogP contribution in [-0.2, 0) is 9.84 Å².